The molecule has 5 rings (SSSR count). The van der Waals surface area contributed by atoms with Crippen LogP contribution in [0.3, 0.4) is 0 Å². The summed E-state index contributed by atoms with van der Waals surface area (Å²) < 4.78 is 13.6. The molecule has 1 saturated heterocycles. The molecule has 0 radical (unpaired) electrons. The Morgan fingerprint density at radius 2 is 1.78 bits per heavy atom. The molecular weight excluding hydrogens is 466 g/mol. The monoisotopic (exact) mass is 505 g/mol. The Labute approximate surface area is 219 Å². The maximum atomic E-state index is 13.3. The van der Waals surface area contributed by atoms with Crippen molar-refractivity contribution in [2.24, 2.45) is 0 Å². The molecule has 198 valence electrons. The van der Waals surface area contributed by atoms with Crippen LogP contribution in [0.15, 0.2) is 42.6 Å². The zero-order valence-corrected chi connectivity index (χ0v) is 22.3. The fourth-order valence-corrected chi connectivity index (χ4v) is 5.34. The Morgan fingerprint density at radius 1 is 1.05 bits per heavy atom. The van der Waals surface area contributed by atoms with Crippen LogP contribution < -0.4 is 15.4 Å². The summed E-state index contributed by atoms with van der Waals surface area (Å²) in [6.07, 6.45) is 6.51. The number of amides is 2. The molecule has 2 heterocycles. The second kappa shape index (κ2) is 11.1. The van der Waals surface area contributed by atoms with Crippen molar-refractivity contribution >= 4 is 28.3 Å². The Bertz CT molecular complexity index is 1220. The highest BCUT2D eigenvalue weighted by Crippen LogP contribution is 2.37. The molecule has 2 amide bonds. The van der Waals surface area contributed by atoms with Crippen LogP contribution in [-0.4, -0.2) is 60.2 Å². The number of ether oxygens (including phenoxy) is 2. The number of fused-ring (bicyclic) bond motifs is 1. The Balaban J connectivity index is 1.32. The summed E-state index contributed by atoms with van der Waals surface area (Å²) in [6.45, 7) is 11.4. The van der Waals surface area contributed by atoms with Crippen LogP contribution in [0.2, 0.25) is 0 Å². The number of hydrogen-bond donors (Lipinski definition) is 2. The molecule has 0 atom stereocenters. The molecule has 8 heteroatoms. The van der Waals surface area contributed by atoms with Crippen LogP contribution in [0, 0.1) is 0 Å². The molecule has 2 N–H and O–H groups in total. The van der Waals surface area contributed by atoms with Crippen molar-refractivity contribution in [3.63, 3.8) is 0 Å². The fraction of sp³-hybridized carbons (Fsp3) is 0.517. The molecule has 3 aromatic rings. The number of nitrogens with one attached hydrogen (secondary N) is 2. The lowest BCUT2D eigenvalue weighted by atomic mass is 9.88. The van der Waals surface area contributed by atoms with E-state index in [1.807, 2.05) is 47.3 Å². The summed E-state index contributed by atoms with van der Waals surface area (Å²) in [4.78, 5) is 15.6. The second-order valence-corrected chi connectivity index (χ2v) is 11.1. The maximum Gasteiger partial charge on any atom is 0.324 e. The van der Waals surface area contributed by atoms with E-state index in [0.717, 1.165) is 79.3 Å². The van der Waals surface area contributed by atoms with E-state index in [1.54, 1.807) is 0 Å². The first-order valence-electron chi connectivity index (χ1n) is 13.5. The Morgan fingerprint density at radius 3 is 2.51 bits per heavy atom. The van der Waals surface area contributed by atoms with Gasteiger partial charge in [0.1, 0.15) is 18.2 Å². The molecule has 1 aliphatic carbocycles. The zero-order valence-electron chi connectivity index (χ0n) is 22.3. The van der Waals surface area contributed by atoms with Gasteiger partial charge in [-0.25, -0.2) is 9.48 Å². The van der Waals surface area contributed by atoms with Crippen molar-refractivity contribution in [2.75, 3.05) is 50.1 Å². The number of anilines is 2. The van der Waals surface area contributed by atoms with Gasteiger partial charge in [0.2, 0.25) is 0 Å². The van der Waals surface area contributed by atoms with Crippen LogP contribution in [0.4, 0.5) is 16.3 Å². The number of hydrogen-bond acceptors (Lipinski definition) is 5. The topological polar surface area (TPSA) is 80.7 Å². The normalized spacial score (nSPS) is 17.3. The first-order chi connectivity index (χ1) is 17.9. The molecule has 8 nitrogen and oxygen atoms in total. The van der Waals surface area contributed by atoms with Crippen LogP contribution in [-0.2, 0) is 10.2 Å². The van der Waals surface area contributed by atoms with Gasteiger partial charge in [-0.3, -0.25) is 10.2 Å². The minimum atomic E-state index is -0.267. The number of rotatable bonds is 7. The van der Waals surface area contributed by atoms with Gasteiger partial charge in [0.05, 0.1) is 31.1 Å². The molecule has 0 unspecified atom stereocenters. The number of benzene rings is 2. The van der Waals surface area contributed by atoms with Crippen molar-refractivity contribution in [3.05, 3.63) is 48.2 Å². The van der Waals surface area contributed by atoms with E-state index in [2.05, 4.69) is 36.3 Å². The molecule has 0 bridgehead atoms. The summed E-state index contributed by atoms with van der Waals surface area (Å²) in [7, 11) is 0. The minimum Gasteiger partial charge on any atom is -0.492 e. The van der Waals surface area contributed by atoms with Gasteiger partial charge in [0.25, 0.3) is 0 Å². The summed E-state index contributed by atoms with van der Waals surface area (Å²) in [6, 6.07) is 12.0. The second-order valence-electron chi connectivity index (χ2n) is 11.1. The summed E-state index contributed by atoms with van der Waals surface area (Å²) in [5, 5.41) is 12.9. The van der Waals surface area contributed by atoms with E-state index in [-0.39, 0.29) is 11.4 Å². The van der Waals surface area contributed by atoms with Crippen molar-refractivity contribution in [2.45, 2.75) is 57.9 Å². The third kappa shape index (κ3) is 5.91. The molecule has 1 aromatic heterocycles. The lowest BCUT2D eigenvalue weighted by molar-refractivity contribution is 0.0323. The van der Waals surface area contributed by atoms with E-state index in [4.69, 9.17) is 14.6 Å². The van der Waals surface area contributed by atoms with Gasteiger partial charge in [0.15, 0.2) is 0 Å². The number of carbonyl (C=O) groups excluding carboxylic acids is 1. The third-order valence-electron chi connectivity index (χ3n) is 7.41. The number of nitrogens with zero attached hydrogens (tertiary/aromatic N) is 3. The highest BCUT2D eigenvalue weighted by Gasteiger charge is 2.28. The molecule has 1 aliphatic heterocycles. The van der Waals surface area contributed by atoms with E-state index >= 15 is 0 Å². The SMILES string of the molecule is CC(C)(C)c1cnn(C2CCCC2)c1NC(=O)Nc1ccc(OCCN2CCOCC2)c2ccccc12. The van der Waals surface area contributed by atoms with E-state index in [0.29, 0.717) is 12.6 Å². The van der Waals surface area contributed by atoms with Gasteiger partial charge in [-0.2, -0.15) is 5.10 Å². The molecule has 2 aliphatic rings. The van der Waals surface area contributed by atoms with Crippen LogP contribution in [0.25, 0.3) is 10.8 Å². The minimum absolute atomic E-state index is 0.133. The van der Waals surface area contributed by atoms with Crippen molar-refractivity contribution in [1.29, 1.82) is 0 Å². The number of morpholine rings is 1. The average Bonchev–Trinajstić information content (AvgIpc) is 3.56. The predicted molar refractivity (Wildman–Crippen MR) is 148 cm³/mol. The molecule has 1 saturated carbocycles. The molecule has 0 spiro atoms. The number of carbonyl (C=O) groups is 1. The summed E-state index contributed by atoms with van der Waals surface area (Å²) in [5.41, 5.74) is 1.66. The highest BCUT2D eigenvalue weighted by molar-refractivity contribution is 6.07. The summed E-state index contributed by atoms with van der Waals surface area (Å²) in [5.74, 6) is 1.62. The third-order valence-corrected chi connectivity index (χ3v) is 7.41. The van der Waals surface area contributed by atoms with Gasteiger partial charge in [-0.05, 0) is 30.4 Å². The molecule has 2 fully saturated rings. The highest BCUT2D eigenvalue weighted by atomic mass is 16.5. The van der Waals surface area contributed by atoms with Crippen molar-refractivity contribution < 1.29 is 14.3 Å². The van der Waals surface area contributed by atoms with Crippen LogP contribution in [0.5, 0.6) is 5.75 Å². The molecule has 37 heavy (non-hydrogen) atoms. The zero-order chi connectivity index (χ0) is 25.8. The summed E-state index contributed by atoms with van der Waals surface area (Å²) >= 11 is 0. The van der Waals surface area contributed by atoms with Gasteiger partial charge < -0.3 is 14.8 Å². The smallest absolute Gasteiger partial charge is 0.324 e. The van der Waals surface area contributed by atoms with E-state index in [9.17, 15) is 4.79 Å². The van der Waals surface area contributed by atoms with Crippen LogP contribution in [0.1, 0.15) is 58.1 Å². The van der Waals surface area contributed by atoms with E-state index in [1.165, 1.54) is 12.8 Å². The Kier molecular flexibility index (Phi) is 7.67. The van der Waals surface area contributed by atoms with Gasteiger partial charge >= 0.3 is 6.03 Å². The van der Waals surface area contributed by atoms with Gasteiger partial charge in [0, 0.05) is 36.0 Å². The Hall–Kier alpha value is -3.10. The standard InChI is InChI=1S/C29H39N5O3/c1-29(2,3)24-20-30-34(21-8-4-5-9-21)27(24)32-28(35)31-25-12-13-26(23-11-7-6-10-22(23)25)37-19-16-33-14-17-36-18-15-33/h6-7,10-13,20-21H,4-5,8-9,14-19H2,1-3H3,(H2,31,32,35). The number of aromatic nitrogens is 2. The van der Waals surface area contributed by atoms with Crippen molar-refractivity contribution in [3.8, 4) is 5.75 Å². The quantitative estimate of drug-likeness (QED) is 0.424. The average molecular weight is 506 g/mol. The van der Waals surface area contributed by atoms with Crippen LogP contribution >= 0.6 is 0 Å². The van der Waals surface area contributed by atoms with Gasteiger partial charge in [-0.1, -0.05) is 57.9 Å². The lowest BCUT2D eigenvalue weighted by Crippen LogP contribution is -2.38. The van der Waals surface area contributed by atoms with Crippen molar-refractivity contribution in [1.82, 2.24) is 14.7 Å². The number of urea groups is 1. The first kappa shape index (κ1) is 25.5. The maximum absolute atomic E-state index is 13.3. The first-order valence-corrected chi connectivity index (χ1v) is 13.5. The molecule has 2 aromatic carbocycles. The molecular formula is C29H39N5O3. The fourth-order valence-electron chi connectivity index (χ4n) is 5.34. The largest absolute Gasteiger partial charge is 0.492 e. The predicted octanol–water partition coefficient (Wildman–Crippen LogP) is 5.80. The lowest BCUT2D eigenvalue weighted by Gasteiger charge is -2.26. The van der Waals surface area contributed by atoms with E-state index < -0.39 is 0 Å². The van der Waals surface area contributed by atoms with Gasteiger partial charge in [-0.15, -0.1) is 0 Å².